The van der Waals surface area contributed by atoms with Crippen molar-refractivity contribution in [3.63, 3.8) is 0 Å². The summed E-state index contributed by atoms with van der Waals surface area (Å²) >= 11 is 0. The van der Waals surface area contributed by atoms with Gasteiger partial charge in [0.2, 0.25) is 0 Å². The van der Waals surface area contributed by atoms with E-state index in [2.05, 4.69) is 18.1 Å². The highest BCUT2D eigenvalue weighted by Gasteiger charge is 2.14. The molecule has 0 unspecified atom stereocenters. The summed E-state index contributed by atoms with van der Waals surface area (Å²) < 4.78 is 1.66. The van der Waals surface area contributed by atoms with E-state index in [1.54, 1.807) is 17.8 Å². The van der Waals surface area contributed by atoms with E-state index in [-0.39, 0.29) is 5.69 Å². The summed E-state index contributed by atoms with van der Waals surface area (Å²) in [5.74, 6) is -0.987. The smallest absolute Gasteiger partial charge is 0.356 e. The van der Waals surface area contributed by atoms with E-state index in [4.69, 9.17) is 5.11 Å². The monoisotopic (exact) mass is 244 g/mol. The van der Waals surface area contributed by atoms with Gasteiger partial charge in [-0.2, -0.15) is 5.10 Å². The summed E-state index contributed by atoms with van der Waals surface area (Å²) in [5.41, 5.74) is 2.92. The molecular weight excluding hydrogens is 228 g/mol. The lowest BCUT2D eigenvalue weighted by atomic mass is 10.1. The lowest BCUT2D eigenvalue weighted by Gasteiger charge is -2.07. The average Bonchev–Trinajstić information content (AvgIpc) is 2.72. The van der Waals surface area contributed by atoms with Crippen molar-refractivity contribution in [2.24, 2.45) is 0 Å². The Balaban J connectivity index is 2.48. The average molecular weight is 244 g/mol. The highest BCUT2D eigenvalue weighted by Crippen LogP contribution is 2.17. The van der Waals surface area contributed by atoms with E-state index in [1.807, 2.05) is 18.2 Å². The van der Waals surface area contributed by atoms with Gasteiger partial charge in [-0.15, -0.1) is 0 Å². The maximum atomic E-state index is 11.0. The molecule has 0 aliphatic carbocycles. The molecule has 1 aromatic carbocycles. The van der Waals surface area contributed by atoms with Crippen molar-refractivity contribution in [3.05, 3.63) is 47.3 Å². The molecule has 94 valence electrons. The van der Waals surface area contributed by atoms with Crippen LogP contribution < -0.4 is 0 Å². The molecule has 0 bridgehead atoms. The van der Waals surface area contributed by atoms with Gasteiger partial charge in [0.05, 0.1) is 5.69 Å². The third kappa shape index (κ3) is 2.27. The van der Waals surface area contributed by atoms with Gasteiger partial charge in [0.25, 0.3) is 0 Å². The van der Waals surface area contributed by atoms with Crippen LogP contribution in [0.2, 0.25) is 0 Å². The predicted molar refractivity (Wildman–Crippen MR) is 69.3 cm³/mol. The van der Waals surface area contributed by atoms with Gasteiger partial charge in [-0.1, -0.05) is 31.5 Å². The van der Waals surface area contributed by atoms with E-state index >= 15 is 0 Å². The van der Waals surface area contributed by atoms with Crippen LogP contribution in [0.5, 0.6) is 0 Å². The Kier molecular flexibility index (Phi) is 3.46. The van der Waals surface area contributed by atoms with Crippen LogP contribution in [-0.2, 0) is 6.42 Å². The number of aromatic nitrogens is 2. The maximum Gasteiger partial charge on any atom is 0.356 e. The number of carboxylic acids is 1. The van der Waals surface area contributed by atoms with E-state index in [0.717, 1.165) is 18.5 Å². The van der Waals surface area contributed by atoms with E-state index < -0.39 is 5.97 Å². The fraction of sp³-hybridized carbons (Fsp3) is 0.286. The normalized spacial score (nSPS) is 10.6. The molecule has 0 fully saturated rings. The first-order valence-corrected chi connectivity index (χ1v) is 6.01. The van der Waals surface area contributed by atoms with Crippen molar-refractivity contribution in [1.29, 1.82) is 0 Å². The number of rotatable bonds is 4. The summed E-state index contributed by atoms with van der Waals surface area (Å²) in [5, 5.41) is 13.2. The molecule has 18 heavy (non-hydrogen) atoms. The van der Waals surface area contributed by atoms with Crippen molar-refractivity contribution in [1.82, 2.24) is 9.78 Å². The molecule has 1 aromatic heterocycles. The number of nitrogens with zero attached hydrogens (tertiary/aromatic N) is 2. The molecular formula is C14H16N2O2. The quantitative estimate of drug-likeness (QED) is 0.899. The minimum Gasteiger partial charge on any atom is -0.476 e. The van der Waals surface area contributed by atoms with Gasteiger partial charge in [-0.25, -0.2) is 9.48 Å². The molecule has 4 nitrogen and oxygen atoms in total. The molecule has 1 N–H and O–H groups in total. The number of aryl methyl sites for hydroxylation is 2. The lowest BCUT2D eigenvalue weighted by molar-refractivity contribution is 0.0689. The predicted octanol–water partition coefficient (Wildman–Crippen LogP) is 2.83. The summed E-state index contributed by atoms with van der Waals surface area (Å²) in [6, 6.07) is 7.94. The van der Waals surface area contributed by atoms with Crippen molar-refractivity contribution >= 4 is 5.97 Å². The van der Waals surface area contributed by atoms with Crippen molar-refractivity contribution < 1.29 is 9.90 Å². The zero-order chi connectivity index (χ0) is 13.1. The third-order valence-electron chi connectivity index (χ3n) is 2.86. The number of carboxylic acid groups (broad SMARTS) is 1. The van der Waals surface area contributed by atoms with Crippen LogP contribution in [0, 0.1) is 6.92 Å². The van der Waals surface area contributed by atoms with Crippen molar-refractivity contribution in [3.8, 4) is 5.69 Å². The van der Waals surface area contributed by atoms with Crippen LogP contribution >= 0.6 is 0 Å². The molecule has 4 heteroatoms. The zero-order valence-electron chi connectivity index (χ0n) is 10.6. The molecule has 0 radical (unpaired) electrons. The largest absolute Gasteiger partial charge is 0.476 e. The molecule has 0 saturated heterocycles. The van der Waals surface area contributed by atoms with E-state index in [0.29, 0.717) is 5.56 Å². The molecule has 0 aliphatic heterocycles. The number of para-hydroxylation sites is 1. The third-order valence-corrected chi connectivity index (χ3v) is 2.86. The second-order valence-corrected chi connectivity index (χ2v) is 4.29. The van der Waals surface area contributed by atoms with Gasteiger partial charge in [-0.3, -0.25) is 0 Å². The van der Waals surface area contributed by atoms with Gasteiger partial charge in [0.15, 0.2) is 5.69 Å². The molecule has 0 spiro atoms. The van der Waals surface area contributed by atoms with Gasteiger partial charge < -0.3 is 5.11 Å². The fourth-order valence-corrected chi connectivity index (χ4v) is 2.01. The van der Waals surface area contributed by atoms with Crippen molar-refractivity contribution in [2.45, 2.75) is 26.7 Å². The minimum atomic E-state index is -0.987. The standard InChI is InChI=1S/C14H16N2O2/c1-3-6-11-7-4-5-8-12(11)16-9-10(2)13(15-16)14(17)18/h4-5,7-9H,3,6H2,1-2H3,(H,17,18). The first-order chi connectivity index (χ1) is 8.63. The number of benzene rings is 1. The lowest BCUT2D eigenvalue weighted by Crippen LogP contribution is -2.03. The topological polar surface area (TPSA) is 55.1 Å². The van der Waals surface area contributed by atoms with Crippen LogP contribution in [0.15, 0.2) is 30.5 Å². The fourth-order valence-electron chi connectivity index (χ4n) is 2.01. The molecule has 0 atom stereocenters. The maximum absolute atomic E-state index is 11.0. The molecule has 0 aliphatic rings. The Morgan fingerprint density at radius 1 is 1.39 bits per heavy atom. The molecule has 0 amide bonds. The number of hydrogen-bond donors (Lipinski definition) is 1. The van der Waals surface area contributed by atoms with Gasteiger partial charge in [-0.05, 0) is 25.0 Å². The highest BCUT2D eigenvalue weighted by molar-refractivity contribution is 5.86. The highest BCUT2D eigenvalue weighted by atomic mass is 16.4. The summed E-state index contributed by atoms with van der Waals surface area (Å²) in [6.07, 6.45) is 3.76. The Morgan fingerprint density at radius 2 is 2.11 bits per heavy atom. The van der Waals surface area contributed by atoms with Gasteiger partial charge in [0.1, 0.15) is 0 Å². The molecule has 0 saturated carbocycles. The van der Waals surface area contributed by atoms with Crippen LogP contribution in [-0.4, -0.2) is 20.9 Å². The van der Waals surface area contributed by atoms with Crippen LogP contribution in [0.1, 0.15) is 35.0 Å². The number of hydrogen-bond acceptors (Lipinski definition) is 2. The number of aromatic carboxylic acids is 1. The van der Waals surface area contributed by atoms with Gasteiger partial charge in [0, 0.05) is 11.8 Å². The first kappa shape index (κ1) is 12.4. The minimum absolute atomic E-state index is 0.112. The van der Waals surface area contributed by atoms with Crippen molar-refractivity contribution in [2.75, 3.05) is 0 Å². The summed E-state index contributed by atoms with van der Waals surface area (Å²) in [4.78, 5) is 11.0. The van der Waals surface area contributed by atoms with Crippen LogP contribution in [0.3, 0.4) is 0 Å². The summed E-state index contributed by atoms with van der Waals surface area (Å²) in [7, 11) is 0. The second-order valence-electron chi connectivity index (χ2n) is 4.29. The van der Waals surface area contributed by atoms with Crippen LogP contribution in [0.25, 0.3) is 5.69 Å². The Hall–Kier alpha value is -2.10. The van der Waals surface area contributed by atoms with Crippen LogP contribution in [0.4, 0.5) is 0 Å². The van der Waals surface area contributed by atoms with Gasteiger partial charge >= 0.3 is 5.97 Å². The van der Waals surface area contributed by atoms with E-state index in [1.165, 1.54) is 5.56 Å². The Bertz CT molecular complexity index is 573. The second kappa shape index (κ2) is 5.04. The Morgan fingerprint density at radius 3 is 2.72 bits per heavy atom. The first-order valence-electron chi connectivity index (χ1n) is 6.01. The molecule has 2 rings (SSSR count). The summed E-state index contributed by atoms with van der Waals surface area (Å²) in [6.45, 7) is 3.88. The zero-order valence-corrected chi connectivity index (χ0v) is 10.6. The number of carbonyl (C=O) groups is 1. The molecule has 2 aromatic rings. The SMILES string of the molecule is CCCc1ccccc1-n1cc(C)c(C(=O)O)n1. The van der Waals surface area contributed by atoms with E-state index in [9.17, 15) is 4.79 Å². The Labute approximate surface area is 106 Å². The molecule has 1 heterocycles.